The Morgan fingerprint density at radius 1 is 0.852 bits per heavy atom. The second-order valence-corrected chi connectivity index (χ2v) is 7.20. The number of hydrogen-bond acceptors (Lipinski definition) is 1. The first-order valence-electron chi connectivity index (χ1n) is 9.08. The highest BCUT2D eigenvalue weighted by Crippen LogP contribution is 2.39. The van der Waals surface area contributed by atoms with Crippen LogP contribution in [0.25, 0.3) is 38.3 Å². The topological polar surface area (TPSA) is 43.8 Å². The van der Waals surface area contributed by atoms with Crippen LogP contribution >= 0.6 is 0 Å². The van der Waals surface area contributed by atoms with Gasteiger partial charge in [0.05, 0.1) is 16.4 Å². The molecule has 0 aliphatic rings. The van der Waals surface area contributed by atoms with Gasteiger partial charge in [0.25, 0.3) is 5.69 Å². The SMILES string of the molecule is Cc1c2cc[n+](C)cc2c(C)c2c1[nH]c1ccc(O)c(-[n+]3ccccc3)c12. The lowest BCUT2D eigenvalue weighted by atomic mass is 9.96. The van der Waals surface area contributed by atoms with Gasteiger partial charge in [-0.3, -0.25) is 0 Å². The minimum absolute atomic E-state index is 0.273. The number of phenols is 1. The summed E-state index contributed by atoms with van der Waals surface area (Å²) in [6.45, 7) is 4.33. The average Bonchev–Trinajstić information content (AvgIpc) is 3.06. The first-order chi connectivity index (χ1) is 13.1. The van der Waals surface area contributed by atoms with Gasteiger partial charge in [0.2, 0.25) is 0 Å². The first-order valence-corrected chi connectivity index (χ1v) is 9.08. The van der Waals surface area contributed by atoms with Gasteiger partial charge in [-0.2, -0.15) is 4.57 Å². The molecule has 0 aliphatic carbocycles. The minimum atomic E-state index is 0.273. The predicted molar refractivity (Wildman–Crippen MR) is 107 cm³/mol. The summed E-state index contributed by atoms with van der Waals surface area (Å²) in [6, 6.07) is 11.8. The highest BCUT2D eigenvalue weighted by atomic mass is 16.3. The second kappa shape index (κ2) is 5.55. The Kier molecular flexibility index (Phi) is 3.25. The van der Waals surface area contributed by atoms with E-state index in [1.54, 1.807) is 6.07 Å². The van der Waals surface area contributed by atoms with Crippen molar-refractivity contribution >= 4 is 32.6 Å². The van der Waals surface area contributed by atoms with Gasteiger partial charge in [-0.25, -0.2) is 4.57 Å². The molecular formula is C23H21N3O+2. The molecule has 132 valence electrons. The molecule has 4 nitrogen and oxygen atoms in total. The van der Waals surface area contributed by atoms with Gasteiger partial charge < -0.3 is 10.1 Å². The van der Waals surface area contributed by atoms with Crippen molar-refractivity contribution in [2.75, 3.05) is 0 Å². The summed E-state index contributed by atoms with van der Waals surface area (Å²) in [5.41, 5.74) is 5.41. The van der Waals surface area contributed by atoms with Crippen molar-refractivity contribution in [3.05, 3.63) is 72.3 Å². The second-order valence-electron chi connectivity index (χ2n) is 7.20. The summed E-state index contributed by atoms with van der Waals surface area (Å²) in [7, 11) is 2.05. The van der Waals surface area contributed by atoms with Crippen LogP contribution in [0.5, 0.6) is 5.75 Å². The third kappa shape index (κ3) is 2.16. The number of H-pyrrole nitrogens is 1. The molecule has 5 aromatic rings. The van der Waals surface area contributed by atoms with Crippen molar-refractivity contribution < 1.29 is 14.2 Å². The van der Waals surface area contributed by atoms with Crippen molar-refractivity contribution in [3.8, 4) is 11.4 Å². The highest BCUT2D eigenvalue weighted by molar-refractivity contribution is 6.18. The monoisotopic (exact) mass is 355 g/mol. The fraction of sp³-hybridized carbons (Fsp3) is 0.130. The molecule has 0 spiro atoms. The Balaban J connectivity index is 2.06. The van der Waals surface area contributed by atoms with E-state index < -0.39 is 0 Å². The van der Waals surface area contributed by atoms with Gasteiger partial charge in [-0.05, 0) is 42.5 Å². The number of phenolic OH excluding ortho intramolecular Hbond substituents is 1. The number of hydrogen-bond donors (Lipinski definition) is 2. The van der Waals surface area contributed by atoms with Crippen LogP contribution in [0, 0.1) is 13.8 Å². The van der Waals surface area contributed by atoms with E-state index in [0.717, 1.165) is 22.1 Å². The number of aromatic nitrogens is 3. The van der Waals surface area contributed by atoms with Crippen molar-refractivity contribution in [2.45, 2.75) is 13.8 Å². The van der Waals surface area contributed by atoms with Gasteiger partial charge in [0.15, 0.2) is 30.5 Å². The van der Waals surface area contributed by atoms with E-state index >= 15 is 0 Å². The third-order valence-corrected chi connectivity index (χ3v) is 5.55. The van der Waals surface area contributed by atoms with Crippen LogP contribution in [0.1, 0.15) is 11.1 Å². The van der Waals surface area contributed by atoms with Crippen LogP contribution in [-0.4, -0.2) is 10.1 Å². The van der Waals surface area contributed by atoms with Gasteiger partial charge >= 0.3 is 0 Å². The molecule has 3 heterocycles. The van der Waals surface area contributed by atoms with Gasteiger partial charge in [0, 0.05) is 29.0 Å². The molecule has 0 bridgehead atoms. The molecule has 5 rings (SSSR count). The van der Waals surface area contributed by atoms with E-state index in [4.69, 9.17) is 0 Å². The van der Waals surface area contributed by atoms with E-state index in [9.17, 15) is 5.11 Å². The Morgan fingerprint density at radius 3 is 2.41 bits per heavy atom. The maximum Gasteiger partial charge on any atom is 0.262 e. The van der Waals surface area contributed by atoms with E-state index in [1.807, 2.05) is 48.3 Å². The van der Waals surface area contributed by atoms with Crippen LogP contribution in [0.15, 0.2) is 61.2 Å². The molecule has 27 heavy (non-hydrogen) atoms. The maximum absolute atomic E-state index is 10.7. The number of aromatic hydroxyl groups is 1. The van der Waals surface area contributed by atoms with Crippen LogP contribution < -0.4 is 9.13 Å². The normalized spacial score (nSPS) is 11.7. The van der Waals surface area contributed by atoms with Crippen molar-refractivity contribution in [3.63, 3.8) is 0 Å². The van der Waals surface area contributed by atoms with E-state index in [-0.39, 0.29) is 5.75 Å². The summed E-state index contributed by atoms with van der Waals surface area (Å²) < 4.78 is 4.06. The molecule has 3 aromatic heterocycles. The molecule has 0 fully saturated rings. The number of nitrogens with zero attached hydrogens (tertiary/aromatic N) is 2. The molecule has 0 amide bonds. The van der Waals surface area contributed by atoms with Gasteiger partial charge in [-0.1, -0.05) is 6.07 Å². The van der Waals surface area contributed by atoms with E-state index in [2.05, 4.69) is 41.9 Å². The Morgan fingerprint density at radius 2 is 1.63 bits per heavy atom. The predicted octanol–water partition coefficient (Wildman–Crippen LogP) is 3.90. The molecule has 4 heteroatoms. The maximum atomic E-state index is 10.7. The van der Waals surface area contributed by atoms with Crippen LogP contribution in [0.2, 0.25) is 0 Å². The molecule has 0 radical (unpaired) electrons. The summed E-state index contributed by atoms with van der Waals surface area (Å²) in [4.78, 5) is 3.60. The molecular weight excluding hydrogens is 334 g/mol. The zero-order valence-corrected chi connectivity index (χ0v) is 15.6. The number of fused-ring (bicyclic) bond motifs is 4. The van der Waals surface area contributed by atoms with Crippen LogP contribution in [0.3, 0.4) is 0 Å². The number of rotatable bonds is 1. The fourth-order valence-electron chi connectivity index (χ4n) is 4.22. The largest absolute Gasteiger partial charge is 0.502 e. The van der Waals surface area contributed by atoms with E-state index in [0.29, 0.717) is 0 Å². The molecule has 0 saturated heterocycles. The molecule has 0 unspecified atom stereocenters. The fourth-order valence-corrected chi connectivity index (χ4v) is 4.22. The summed E-state index contributed by atoms with van der Waals surface area (Å²) >= 11 is 0. The summed E-state index contributed by atoms with van der Waals surface area (Å²) in [6.07, 6.45) is 8.20. The third-order valence-electron chi connectivity index (χ3n) is 5.55. The molecule has 2 aromatic carbocycles. The quantitative estimate of drug-likeness (QED) is 0.440. The number of aryl methyl sites for hydroxylation is 3. The highest BCUT2D eigenvalue weighted by Gasteiger charge is 2.24. The zero-order chi connectivity index (χ0) is 18.7. The number of benzene rings is 2. The molecule has 0 atom stereocenters. The molecule has 2 N–H and O–H groups in total. The summed E-state index contributed by atoms with van der Waals surface area (Å²) in [5.74, 6) is 0.273. The smallest absolute Gasteiger partial charge is 0.262 e. The Labute approximate surface area is 156 Å². The lowest BCUT2D eigenvalue weighted by Crippen LogP contribution is -2.29. The lowest BCUT2D eigenvalue weighted by Gasteiger charge is -2.08. The Hall–Kier alpha value is -3.40. The average molecular weight is 355 g/mol. The van der Waals surface area contributed by atoms with E-state index in [1.165, 1.54) is 27.3 Å². The molecule has 0 saturated carbocycles. The van der Waals surface area contributed by atoms with Crippen LogP contribution in [0.4, 0.5) is 0 Å². The lowest BCUT2D eigenvalue weighted by molar-refractivity contribution is -0.670. The number of nitrogens with one attached hydrogen (secondary N) is 1. The van der Waals surface area contributed by atoms with Gasteiger partial charge in [0.1, 0.15) is 7.05 Å². The zero-order valence-electron chi connectivity index (χ0n) is 15.6. The van der Waals surface area contributed by atoms with Crippen LogP contribution in [-0.2, 0) is 7.05 Å². The standard InChI is InChI=1S/C23H19N3O/c1-14-17-13-25(3)12-9-16(17)15(2)22-20(14)21-18(24-22)7-8-19(27)23(21)26-10-5-4-6-11-26/h4-13H,1-3H3/p+2. The van der Waals surface area contributed by atoms with Crippen molar-refractivity contribution in [1.82, 2.24) is 4.98 Å². The minimum Gasteiger partial charge on any atom is -0.502 e. The van der Waals surface area contributed by atoms with Gasteiger partial charge in [-0.15, -0.1) is 0 Å². The first kappa shape index (κ1) is 15.8. The molecule has 0 aliphatic heterocycles. The van der Waals surface area contributed by atoms with Crippen molar-refractivity contribution in [2.24, 2.45) is 7.05 Å². The van der Waals surface area contributed by atoms with Crippen molar-refractivity contribution in [1.29, 1.82) is 0 Å². The Bertz CT molecular complexity index is 1350. The summed E-state index contributed by atoms with van der Waals surface area (Å²) in [5, 5.41) is 15.4. The number of pyridine rings is 2. The number of aromatic amines is 1.